The van der Waals surface area contributed by atoms with Crippen LogP contribution in [0.1, 0.15) is 30.5 Å². The van der Waals surface area contributed by atoms with Crippen molar-refractivity contribution in [1.82, 2.24) is 20.2 Å². The number of anilines is 1. The number of β-lactam (4-membered cyclic amide) rings is 1. The number of urea groups is 1. The predicted octanol–water partition coefficient (Wildman–Crippen LogP) is 1.37. The Balaban J connectivity index is 1.73. The van der Waals surface area contributed by atoms with Crippen LogP contribution in [0.25, 0.3) is 0 Å². The molecule has 0 radical (unpaired) electrons. The summed E-state index contributed by atoms with van der Waals surface area (Å²) in [6.07, 6.45) is 5.47. The number of carbonyl (C=O) groups excluding carboxylic acids is 2. The molecular weight excluding hydrogens is 362 g/mol. The molecule has 0 bridgehead atoms. The van der Waals surface area contributed by atoms with E-state index in [2.05, 4.69) is 15.3 Å². The number of carbonyl (C=O) groups is 3. The molecule has 0 aromatic carbocycles. The first-order valence-electron chi connectivity index (χ1n) is 8.89. The summed E-state index contributed by atoms with van der Waals surface area (Å²) in [7, 11) is 0. The lowest BCUT2D eigenvalue weighted by atomic mass is 9.82. The number of nitrogens with two attached hydrogens (primary N) is 1. The number of nitrogen functional groups attached to an aromatic ring is 1. The van der Waals surface area contributed by atoms with E-state index in [9.17, 15) is 19.5 Å². The largest absolute Gasteiger partial charge is 0.480 e. The smallest absolute Gasteiger partial charge is 0.327 e. The molecule has 3 atom stereocenters. The number of rotatable bonds is 6. The Bertz CT molecular complexity index is 889. The van der Waals surface area contributed by atoms with E-state index in [1.54, 1.807) is 30.6 Å². The molecule has 3 amide bonds. The molecule has 3 heterocycles. The summed E-state index contributed by atoms with van der Waals surface area (Å²) < 4.78 is 0. The van der Waals surface area contributed by atoms with Crippen molar-refractivity contribution in [2.24, 2.45) is 5.92 Å². The number of nitrogens with one attached hydrogen (secondary N) is 1. The fraction of sp³-hybridized carbons (Fsp3) is 0.316. The quantitative estimate of drug-likeness (QED) is 0.640. The van der Waals surface area contributed by atoms with Gasteiger partial charge in [0.1, 0.15) is 5.82 Å². The van der Waals surface area contributed by atoms with Gasteiger partial charge in [-0.05, 0) is 42.2 Å². The monoisotopic (exact) mass is 383 g/mol. The van der Waals surface area contributed by atoms with Crippen molar-refractivity contribution < 1.29 is 19.5 Å². The molecule has 1 saturated heterocycles. The summed E-state index contributed by atoms with van der Waals surface area (Å²) in [5, 5.41) is 12.3. The van der Waals surface area contributed by atoms with Crippen LogP contribution in [0.15, 0.2) is 42.9 Å². The number of amides is 3. The van der Waals surface area contributed by atoms with Gasteiger partial charge >= 0.3 is 12.0 Å². The van der Waals surface area contributed by atoms with Gasteiger partial charge in [0, 0.05) is 18.6 Å². The summed E-state index contributed by atoms with van der Waals surface area (Å²) >= 11 is 0. The first kappa shape index (κ1) is 19.3. The van der Waals surface area contributed by atoms with Crippen molar-refractivity contribution in [1.29, 1.82) is 0 Å². The normalized spacial score (nSPS) is 19.6. The third-order valence-corrected chi connectivity index (χ3v) is 4.78. The third kappa shape index (κ3) is 3.78. The molecule has 1 aliphatic rings. The number of aromatic nitrogens is 2. The molecule has 3 rings (SSSR count). The van der Waals surface area contributed by atoms with E-state index in [-0.39, 0.29) is 18.3 Å². The highest BCUT2D eigenvalue weighted by molar-refractivity contribution is 6.07. The zero-order valence-corrected chi connectivity index (χ0v) is 15.3. The molecule has 0 spiro atoms. The second-order valence-corrected chi connectivity index (χ2v) is 6.59. The maximum Gasteiger partial charge on any atom is 0.327 e. The molecule has 9 nitrogen and oxygen atoms in total. The Morgan fingerprint density at radius 1 is 1.36 bits per heavy atom. The average Bonchev–Trinajstić information content (AvgIpc) is 2.68. The molecule has 28 heavy (non-hydrogen) atoms. The minimum absolute atomic E-state index is 0.173. The molecule has 2 aromatic heterocycles. The predicted molar refractivity (Wildman–Crippen MR) is 99.9 cm³/mol. The fourth-order valence-corrected chi connectivity index (χ4v) is 3.35. The molecule has 0 unspecified atom stereocenters. The number of carboxylic acid groups (broad SMARTS) is 1. The lowest BCUT2D eigenvalue weighted by molar-refractivity contribution is -0.165. The van der Waals surface area contributed by atoms with Crippen LogP contribution < -0.4 is 11.1 Å². The number of pyridine rings is 2. The second kappa shape index (κ2) is 8.03. The number of aliphatic carboxylic acids is 1. The van der Waals surface area contributed by atoms with Crippen LogP contribution in [0, 0.1) is 5.92 Å². The second-order valence-electron chi connectivity index (χ2n) is 6.59. The van der Waals surface area contributed by atoms with Crippen molar-refractivity contribution in [2.75, 3.05) is 5.73 Å². The van der Waals surface area contributed by atoms with E-state index in [0.29, 0.717) is 12.0 Å². The molecule has 1 aliphatic heterocycles. The van der Waals surface area contributed by atoms with Crippen LogP contribution in [-0.2, 0) is 16.0 Å². The Kier molecular flexibility index (Phi) is 5.53. The van der Waals surface area contributed by atoms with Crippen LogP contribution in [0.4, 0.5) is 10.6 Å². The lowest BCUT2D eigenvalue weighted by Gasteiger charge is -2.43. The molecule has 9 heteroatoms. The van der Waals surface area contributed by atoms with Gasteiger partial charge in [-0.25, -0.2) is 19.5 Å². The van der Waals surface area contributed by atoms with E-state index in [0.717, 1.165) is 10.5 Å². The van der Waals surface area contributed by atoms with E-state index in [1.165, 1.54) is 6.20 Å². The SMILES string of the molecule is CC[C@@H](NC(=O)N1C(=O)[C@H](Cc2ccnc(N)c2)[C@H]1C(=O)O)c1cccnc1. The van der Waals surface area contributed by atoms with Gasteiger partial charge in [-0.2, -0.15) is 0 Å². The number of nitrogens with zero attached hydrogens (tertiary/aromatic N) is 3. The maximum absolute atomic E-state index is 12.6. The highest BCUT2D eigenvalue weighted by atomic mass is 16.4. The van der Waals surface area contributed by atoms with Crippen LogP contribution in [0.5, 0.6) is 0 Å². The summed E-state index contributed by atoms with van der Waals surface area (Å²) in [5.74, 6) is -2.30. The number of hydrogen-bond donors (Lipinski definition) is 3. The van der Waals surface area contributed by atoms with Gasteiger partial charge in [-0.1, -0.05) is 13.0 Å². The number of imide groups is 1. The van der Waals surface area contributed by atoms with E-state index >= 15 is 0 Å². The van der Waals surface area contributed by atoms with Crippen LogP contribution in [0.3, 0.4) is 0 Å². The first-order valence-corrected chi connectivity index (χ1v) is 8.89. The highest BCUT2D eigenvalue weighted by Gasteiger charge is 2.54. The van der Waals surface area contributed by atoms with Gasteiger partial charge < -0.3 is 16.2 Å². The van der Waals surface area contributed by atoms with Crippen LogP contribution >= 0.6 is 0 Å². The average molecular weight is 383 g/mol. The molecule has 1 fully saturated rings. The minimum Gasteiger partial charge on any atom is -0.480 e. The van der Waals surface area contributed by atoms with E-state index in [4.69, 9.17) is 5.73 Å². The van der Waals surface area contributed by atoms with E-state index < -0.39 is 29.9 Å². The van der Waals surface area contributed by atoms with Crippen molar-refractivity contribution in [2.45, 2.75) is 31.8 Å². The number of likely N-dealkylation sites (tertiary alicyclic amines) is 1. The summed E-state index contributed by atoms with van der Waals surface area (Å²) in [6.45, 7) is 1.88. The zero-order chi connectivity index (χ0) is 20.3. The van der Waals surface area contributed by atoms with Gasteiger partial charge in [-0.3, -0.25) is 9.78 Å². The summed E-state index contributed by atoms with van der Waals surface area (Å²) in [5.41, 5.74) is 7.10. The Morgan fingerprint density at radius 3 is 2.75 bits per heavy atom. The fourth-order valence-electron chi connectivity index (χ4n) is 3.35. The lowest BCUT2D eigenvalue weighted by Crippen LogP contribution is -2.68. The molecule has 0 saturated carbocycles. The van der Waals surface area contributed by atoms with Gasteiger partial charge in [0.25, 0.3) is 0 Å². The molecule has 2 aromatic rings. The molecule has 0 aliphatic carbocycles. The van der Waals surface area contributed by atoms with Gasteiger partial charge in [0.2, 0.25) is 5.91 Å². The summed E-state index contributed by atoms with van der Waals surface area (Å²) in [4.78, 5) is 45.6. The zero-order valence-electron chi connectivity index (χ0n) is 15.3. The number of hydrogen-bond acceptors (Lipinski definition) is 6. The van der Waals surface area contributed by atoms with E-state index in [1.807, 2.05) is 13.0 Å². The first-order chi connectivity index (χ1) is 13.4. The summed E-state index contributed by atoms with van der Waals surface area (Å²) in [6, 6.07) is 4.49. The Labute approximate surface area is 161 Å². The molecular formula is C19H21N5O4. The van der Waals surface area contributed by atoms with Crippen LogP contribution in [0.2, 0.25) is 0 Å². The Hall–Kier alpha value is -3.49. The van der Waals surface area contributed by atoms with Gasteiger partial charge in [0.05, 0.1) is 12.0 Å². The number of carboxylic acids is 1. The van der Waals surface area contributed by atoms with Crippen molar-refractivity contribution in [3.63, 3.8) is 0 Å². The third-order valence-electron chi connectivity index (χ3n) is 4.78. The standard InChI is InChI=1S/C19H21N5O4/c1-2-14(12-4-3-6-21-10-12)23-19(28)24-16(18(26)27)13(17(24)25)8-11-5-7-22-15(20)9-11/h3-7,9-10,13-14,16H,2,8H2,1H3,(H2,20,22)(H,23,28)(H,26,27)/t13-,14-,16+/m1/s1. The highest BCUT2D eigenvalue weighted by Crippen LogP contribution is 2.31. The van der Waals surface area contributed by atoms with Crippen molar-refractivity contribution in [3.05, 3.63) is 54.0 Å². The minimum atomic E-state index is -1.23. The van der Waals surface area contributed by atoms with Gasteiger partial charge in [0.15, 0.2) is 6.04 Å². The van der Waals surface area contributed by atoms with Gasteiger partial charge in [-0.15, -0.1) is 0 Å². The van der Waals surface area contributed by atoms with Crippen molar-refractivity contribution in [3.8, 4) is 0 Å². The topological polar surface area (TPSA) is 139 Å². The van der Waals surface area contributed by atoms with Crippen LogP contribution in [-0.4, -0.2) is 43.9 Å². The maximum atomic E-state index is 12.6. The van der Waals surface area contributed by atoms with Crippen molar-refractivity contribution >= 4 is 23.7 Å². The molecule has 4 N–H and O–H groups in total. The Morgan fingerprint density at radius 2 is 2.14 bits per heavy atom. The molecule has 146 valence electrons.